The van der Waals surface area contributed by atoms with Gasteiger partial charge in [0.2, 0.25) is 0 Å². The average Bonchev–Trinajstić information content (AvgIpc) is 2.97. The average molecular weight is 380 g/mol. The van der Waals surface area contributed by atoms with Gasteiger partial charge in [0.15, 0.2) is 5.69 Å². The van der Waals surface area contributed by atoms with Gasteiger partial charge in [-0.15, -0.1) is 0 Å². The number of amides is 1. The molecule has 2 rings (SSSR count). The van der Waals surface area contributed by atoms with Crippen molar-refractivity contribution in [3.63, 3.8) is 0 Å². The van der Waals surface area contributed by atoms with E-state index in [1.165, 1.54) is 6.92 Å². The molecule has 7 heteroatoms. The normalized spacial score (nSPS) is 13.3. The van der Waals surface area contributed by atoms with Crippen LogP contribution in [0.5, 0.6) is 0 Å². The second kappa shape index (κ2) is 6.95. The third-order valence-electron chi connectivity index (χ3n) is 3.51. The Morgan fingerprint density at radius 1 is 1.39 bits per heavy atom. The van der Waals surface area contributed by atoms with Gasteiger partial charge in [0.25, 0.3) is 5.91 Å². The first-order chi connectivity index (χ1) is 10.9. The van der Waals surface area contributed by atoms with Gasteiger partial charge < -0.3 is 10.4 Å². The molecule has 6 nitrogen and oxygen atoms in total. The summed E-state index contributed by atoms with van der Waals surface area (Å²) in [5.41, 5.74) is -0.327. The second-order valence-electron chi connectivity index (χ2n) is 5.47. The predicted octanol–water partition coefficient (Wildman–Crippen LogP) is 3.01. The molecular formula is C16H18BrN3O3. The molecule has 2 aromatic rings. The molecule has 1 heterocycles. The predicted molar refractivity (Wildman–Crippen MR) is 89.7 cm³/mol. The molecule has 23 heavy (non-hydrogen) atoms. The monoisotopic (exact) mass is 379 g/mol. The number of aromatic nitrogens is 2. The molecule has 1 aromatic heterocycles. The molecule has 0 aliphatic carbocycles. The zero-order valence-electron chi connectivity index (χ0n) is 12.9. The molecule has 2 N–H and O–H groups in total. The van der Waals surface area contributed by atoms with Crippen molar-refractivity contribution in [1.29, 1.82) is 0 Å². The number of carbonyl (C=O) groups is 2. The highest BCUT2D eigenvalue weighted by Gasteiger charge is 2.34. The van der Waals surface area contributed by atoms with E-state index in [2.05, 4.69) is 26.3 Å². The van der Waals surface area contributed by atoms with Crippen LogP contribution in [-0.4, -0.2) is 32.3 Å². The van der Waals surface area contributed by atoms with E-state index < -0.39 is 17.4 Å². The van der Waals surface area contributed by atoms with Crippen molar-refractivity contribution in [3.05, 3.63) is 46.7 Å². The summed E-state index contributed by atoms with van der Waals surface area (Å²) in [6.45, 7) is 3.37. The first kappa shape index (κ1) is 17.2. The van der Waals surface area contributed by atoms with Crippen LogP contribution in [0.2, 0.25) is 0 Å². The maximum Gasteiger partial charge on any atom is 0.329 e. The zero-order chi connectivity index (χ0) is 17.0. The molecule has 0 bridgehead atoms. The molecule has 0 fully saturated rings. The molecule has 1 unspecified atom stereocenters. The molecule has 1 atom stereocenters. The Hall–Kier alpha value is -2.15. The van der Waals surface area contributed by atoms with Crippen LogP contribution in [0.15, 0.2) is 41.0 Å². The van der Waals surface area contributed by atoms with Crippen molar-refractivity contribution in [2.45, 2.75) is 32.2 Å². The number of carbonyl (C=O) groups excluding carboxylic acids is 1. The molecular weight excluding hydrogens is 362 g/mol. The first-order valence-corrected chi connectivity index (χ1v) is 8.02. The van der Waals surface area contributed by atoms with Crippen LogP contribution in [-0.2, 0) is 4.79 Å². The largest absolute Gasteiger partial charge is 0.480 e. The summed E-state index contributed by atoms with van der Waals surface area (Å²) in [6.07, 6.45) is 2.66. The number of carboxylic acids is 1. The Morgan fingerprint density at radius 3 is 2.74 bits per heavy atom. The number of carboxylic acid groups (broad SMARTS) is 1. The Kier molecular flexibility index (Phi) is 5.20. The van der Waals surface area contributed by atoms with E-state index in [1.54, 1.807) is 16.9 Å². The van der Waals surface area contributed by atoms with E-state index in [0.29, 0.717) is 12.8 Å². The quantitative estimate of drug-likeness (QED) is 0.807. The summed E-state index contributed by atoms with van der Waals surface area (Å²) in [5, 5.41) is 16.1. The number of nitrogens with zero attached hydrogens (tertiary/aromatic N) is 2. The minimum absolute atomic E-state index is 0.175. The number of hydrogen-bond acceptors (Lipinski definition) is 3. The fraction of sp³-hybridized carbons (Fsp3) is 0.312. The van der Waals surface area contributed by atoms with Gasteiger partial charge in [-0.05, 0) is 37.6 Å². The van der Waals surface area contributed by atoms with Crippen LogP contribution in [0.3, 0.4) is 0 Å². The fourth-order valence-electron chi connectivity index (χ4n) is 2.24. The van der Waals surface area contributed by atoms with Crippen LogP contribution in [0, 0.1) is 0 Å². The van der Waals surface area contributed by atoms with Crippen molar-refractivity contribution in [2.75, 3.05) is 0 Å². The SMILES string of the molecule is CCCC(C)(NC(=O)c1ccn(-c2cccc(Br)c2)n1)C(=O)O. The summed E-state index contributed by atoms with van der Waals surface area (Å²) < 4.78 is 2.47. The molecule has 0 saturated heterocycles. The molecule has 1 amide bonds. The van der Waals surface area contributed by atoms with Gasteiger partial charge in [0.1, 0.15) is 5.54 Å². The van der Waals surface area contributed by atoms with Crippen LogP contribution < -0.4 is 5.32 Å². The lowest BCUT2D eigenvalue weighted by Gasteiger charge is -2.25. The number of halogens is 1. The van der Waals surface area contributed by atoms with E-state index >= 15 is 0 Å². The molecule has 1 aromatic carbocycles. The zero-order valence-corrected chi connectivity index (χ0v) is 14.5. The van der Waals surface area contributed by atoms with Gasteiger partial charge in [0.05, 0.1) is 5.69 Å². The van der Waals surface area contributed by atoms with Crippen molar-refractivity contribution < 1.29 is 14.7 Å². The van der Waals surface area contributed by atoms with Crippen molar-refractivity contribution in [3.8, 4) is 5.69 Å². The standard InChI is InChI=1S/C16H18BrN3O3/c1-3-8-16(2,15(22)23)18-14(21)13-7-9-20(19-13)12-6-4-5-11(17)10-12/h4-7,9-10H,3,8H2,1-2H3,(H,18,21)(H,22,23). The van der Waals surface area contributed by atoms with Gasteiger partial charge in [-0.3, -0.25) is 4.79 Å². The van der Waals surface area contributed by atoms with E-state index in [9.17, 15) is 14.7 Å². The van der Waals surface area contributed by atoms with Crippen molar-refractivity contribution >= 4 is 27.8 Å². The van der Waals surface area contributed by atoms with Gasteiger partial charge in [-0.2, -0.15) is 5.10 Å². The smallest absolute Gasteiger partial charge is 0.329 e. The third-order valence-corrected chi connectivity index (χ3v) is 4.00. The third kappa shape index (κ3) is 3.98. The van der Waals surface area contributed by atoms with Crippen molar-refractivity contribution in [2.24, 2.45) is 0 Å². The summed E-state index contributed by atoms with van der Waals surface area (Å²) in [4.78, 5) is 23.7. The molecule has 0 aliphatic rings. The summed E-state index contributed by atoms with van der Waals surface area (Å²) in [7, 11) is 0. The Bertz CT molecular complexity index is 729. The van der Waals surface area contributed by atoms with E-state index in [1.807, 2.05) is 31.2 Å². The molecule has 0 spiro atoms. The number of benzene rings is 1. The van der Waals surface area contributed by atoms with Crippen LogP contribution in [0.25, 0.3) is 5.69 Å². The minimum Gasteiger partial charge on any atom is -0.480 e. The maximum atomic E-state index is 12.3. The molecule has 122 valence electrons. The Balaban J connectivity index is 2.20. The van der Waals surface area contributed by atoms with Gasteiger partial charge >= 0.3 is 5.97 Å². The van der Waals surface area contributed by atoms with Crippen LogP contribution in [0.4, 0.5) is 0 Å². The number of nitrogens with one attached hydrogen (secondary N) is 1. The highest BCUT2D eigenvalue weighted by molar-refractivity contribution is 9.10. The fourth-order valence-corrected chi connectivity index (χ4v) is 2.63. The summed E-state index contributed by atoms with van der Waals surface area (Å²) in [5.74, 6) is -1.56. The highest BCUT2D eigenvalue weighted by atomic mass is 79.9. The summed E-state index contributed by atoms with van der Waals surface area (Å²) >= 11 is 3.38. The summed E-state index contributed by atoms with van der Waals surface area (Å²) in [6, 6.07) is 9.04. The van der Waals surface area contributed by atoms with Crippen LogP contribution in [0.1, 0.15) is 37.2 Å². The lowest BCUT2D eigenvalue weighted by molar-refractivity contribution is -0.144. The van der Waals surface area contributed by atoms with Gasteiger partial charge in [0, 0.05) is 10.7 Å². The highest BCUT2D eigenvalue weighted by Crippen LogP contribution is 2.16. The van der Waals surface area contributed by atoms with E-state index in [0.717, 1.165) is 10.2 Å². The number of hydrogen-bond donors (Lipinski definition) is 2. The second-order valence-corrected chi connectivity index (χ2v) is 6.38. The van der Waals surface area contributed by atoms with Gasteiger partial charge in [-0.25, -0.2) is 9.48 Å². The van der Waals surface area contributed by atoms with Gasteiger partial charge in [-0.1, -0.05) is 35.3 Å². The Labute approximate surface area is 142 Å². The lowest BCUT2D eigenvalue weighted by atomic mass is 9.96. The van der Waals surface area contributed by atoms with E-state index in [-0.39, 0.29) is 5.69 Å². The van der Waals surface area contributed by atoms with Crippen LogP contribution >= 0.6 is 15.9 Å². The molecule has 0 saturated carbocycles. The first-order valence-electron chi connectivity index (χ1n) is 7.23. The number of rotatable bonds is 6. The minimum atomic E-state index is -1.30. The topological polar surface area (TPSA) is 84.2 Å². The van der Waals surface area contributed by atoms with Crippen molar-refractivity contribution in [1.82, 2.24) is 15.1 Å². The number of aliphatic carboxylic acids is 1. The van der Waals surface area contributed by atoms with E-state index in [4.69, 9.17) is 0 Å². The molecule has 0 radical (unpaired) electrons. The maximum absolute atomic E-state index is 12.3. The lowest BCUT2D eigenvalue weighted by Crippen LogP contribution is -2.52. The Morgan fingerprint density at radius 2 is 2.13 bits per heavy atom. The molecule has 0 aliphatic heterocycles.